The Balaban J connectivity index is 1.94. The average molecular weight is 282 g/mol. The Labute approximate surface area is 114 Å². The zero-order valence-electron chi connectivity index (χ0n) is 9.32. The third kappa shape index (κ3) is 2.28. The molecule has 0 N–H and O–H groups in total. The van der Waals surface area contributed by atoms with E-state index in [-0.39, 0.29) is 11.9 Å². The molecule has 3 rings (SSSR count). The topological polar surface area (TPSA) is 39.2 Å². The third-order valence-electron chi connectivity index (χ3n) is 2.82. The molecule has 3 nitrogen and oxygen atoms in total. The van der Waals surface area contributed by atoms with Crippen LogP contribution < -0.4 is 4.74 Å². The summed E-state index contributed by atoms with van der Waals surface area (Å²) in [5, 5.41) is 1.77. The van der Waals surface area contributed by atoms with Crippen LogP contribution in [-0.4, -0.2) is 11.0 Å². The van der Waals surface area contributed by atoms with E-state index in [9.17, 15) is 4.79 Å². The van der Waals surface area contributed by atoms with E-state index in [2.05, 4.69) is 4.98 Å². The first-order valence-electron chi connectivity index (χ1n) is 5.61. The lowest BCUT2D eigenvalue weighted by atomic mass is 10.2. The molecule has 0 bridgehead atoms. The van der Waals surface area contributed by atoms with E-state index in [1.165, 1.54) is 0 Å². The number of carbonyl (C=O) groups is 1. The predicted octanol–water partition coefficient (Wildman–Crippen LogP) is 3.86. The number of benzene rings is 1. The van der Waals surface area contributed by atoms with E-state index < -0.39 is 0 Å². The van der Waals surface area contributed by atoms with Gasteiger partial charge in [0.25, 0.3) is 0 Å². The zero-order valence-corrected chi connectivity index (χ0v) is 10.8. The summed E-state index contributed by atoms with van der Waals surface area (Å²) in [5.41, 5.74) is 0.658. The zero-order chi connectivity index (χ0) is 12.7. The molecule has 1 fully saturated rings. The van der Waals surface area contributed by atoms with E-state index in [1.807, 2.05) is 0 Å². The molecule has 0 spiro atoms. The van der Waals surface area contributed by atoms with Gasteiger partial charge in [0.1, 0.15) is 0 Å². The molecule has 92 valence electrons. The smallest absolute Gasteiger partial charge is 0.315 e. The van der Waals surface area contributed by atoms with Crippen molar-refractivity contribution in [2.24, 2.45) is 5.92 Å². The molecule has 1 aromatic heterocycles. The van der Waals surface area contributed by atoms with Crippen molar-refractivity contribution >= 4 is 40.1 Å². The number of carbonyl (C=O) groups excluding carboxylic acids is 1. The molecule has 0 aliphatic heterocycles. The molecule has 1 aliphatic rings. The fourth-order valence-electron chi connectivity index (χ4n) is 1.66. The fourth-order valence-corrected chi connectivity index (χ4v) is 1.99. The summed E-state index contributed by atoms with van der Waals surface area (Å²) >= 11 is 11.8. The number of halogens is 2. The van der Waals surface area contributed by atoms with Gasteiger partial charge in [-0.2, -0.15) is 0 Å². The molecule has 1 aromatic carbocycles. The van der Waals surface area contributed by atoms with Gasteiger partial charge in [-0.15, -0.1) is 0 Å². The quantitative estimate of drug-likeness (QED) is 0.785. The molecule has 1 saturated carbocycles. The first-order valence-corrected chi connectivity index (χ1v) is 6.36. The lowest BCUT2D eigenvalue weighted by molar-refractivity contribution is -0.136. The Morgan fingerprint density at radius 1 is 1.22 bits per heavy atom. The SMILES string of the molecule is O=C(Oc1ccc2cc(Cl)c(Cl)cc2n1)C1CC1. The van der Waals surface area contributed by atoms with Crippen LogP contribution in [-0.2, 0) is 4.79 Å². The number of nitrogens with zero attached hydrogens (tertiary/aromatic N) is 1. The molecule has 0 saturated heterocycles. The van der Waals surface area contributed by atoms with Crippen LogP contribution in [0.1, 0.15) is 12.8 Å². The van der Waals surface area contributed by atoms with Crippen LogP contribution in [0.25, 0.3) is 10.9 Å². The summed E-state index contributed by atoms with van der Waals surface area (Å²) in [6.07, 6.45) is 1.82. The van der Waals surface area contributed by atoms with Crippen molar-refractivity contribution in [2.75, 3.05) is 0 Å². The van der Waals surface area contributed by atoms with Crippen molar-refractivity contribution in [1.29, 1.82) is 0 Å². The van der Waals surface area contributed by atoms with Crippen molar-refractivity contribution in [3.05, 3.63) is 34.3 Å². The molecule has 0 unspecified atom stereocenters. The molecule has 0 radical (unpaired) electrons. The average Bonchev–Trinajstić information content (AvgIpc) is 3.15. The van der Waals surface area contributed by atoms with Gasteiger partial charge >= 0.3 is 5.97 Å². The van der Waals surface area contributed by atoms with Gasteiger partial charge < -0.3 is 4.74 Å². The van der Waals surface area contributed by atoms with Gasteiger partial charge in [0.2, 0.25) is 5.88 Å². The van der Waals surface area contributed by atoms with E-state index in [1.54, 1.807) is 24.3 Å². The van der Waals surface area contributed by atoms with Gasteiger partial charge in [0.15, 0.2) is 0 Å². The van der Waals surface area contributed by atoms with Gasteiger partial charge in [0, 0.05) is 11.5 Å². The monoisotopic (exact) mass is 281 g/mol. The third-order valence-corrected chi connectivity index (χ3v) is 3.54. The largest absolute Gasteiger partial charge is 0.407 e. The van der Waals surface area contributed by atoms with E-state index in [0.717, 1.165) is 18.2 Å². The Morgan fingerprint density at radius 3 is 2.67 bits per heavy atom. The van der Waals surface area contributed by atoms with Gasteiger partial charge in [-0.1, -0.05) is 23.2 Å². The van der Waals surface area contributed by atoms with Crippen LogP contribution in [0.15, 0.2) is 24.3 Å². The minimum atomic E-state index is -0.207. The molecular formula is C13H9Cl2NO2. The number of fused-ring (bicyclic) bond motifs is 1. The molecule has 1 heterocycles. The number of hydrogen-bond donors (Lipinski definition) is 0. The molecular weight excluding hydrogens is 273 g/mol. The minimum Gasteiger partial charge on any atom is -0.407 e. The Hall–Kier alpha value is -1.32. The Morgan fingerprint density at radius 2 is 1.94 bits per heavy atom. The Bertz CT molecular complexity index is 638. The van der Waals surface area contributed by atoms with Crippen LogP contribution in [0.2, 0.25) is 10.0 Å². The van der Waals surface area contributed by atoms with Crippen molar-refractivity contribution in [3.8, 4) is 5.88 Å². The first-order chi connectivity index (χ1) is 8.63. The normalized spacial score (nSPS) is 14.8. The molecule has 5 heteroatoms. The maximum atomic E-state index is 11.5. The summed E-state index contributed by atoms with van der Waals surface area (Å²) < 4.78 is 5.19. The number of aromatic nitrogens is 1. The van der Waals surface area contributed by atoms with Gasteiger partial charge in [-0.25, -0.2) is 4.98 Å². The van der Waals surface area contributed by atoms with Gasteiger partial charge in [-0.05, 0) is 31.0 Å². The molecule has 18 heavy (non-hydrogen) atoms. The van der Waals surface area contributed by atoms with Crippen molar-refractivity contribution in [1.82, 2.24) is 4.98 Å². The van der Waals surface area contributed by atoms with E-state index >= 15 is 0 Å². The second kappa shape index (κ2) is 4.41. The number of ether oxygens (including phenoxy) is 1. The number of esters is 1. The second-order valence-electron chi connectivity index (χ2n) is 4.30. The second-order valence-corrected chi connectivity index (χ2v) is 5.12. The predicted molar refractivity (Wildman–Crippen MR) is 70.1 cm³/mol. The highest BCUT2D eigenvalue weighted by Gasteiger charge is 2.31. The van der Waals surface area contributed by atoms with Crippen LogP contribution in [0.3, 0.4) is 0 Å². The standard InChI is InChI=1S/C13H9Cl2NO2/c14-9-5-8-3-4-12(16-11(8)6-10(9)15)18-13(17)7-1-2-7/h3-7H,1-2H2. The van der Waals surface area contributed by atoms with Gasteiger partial charge in [0.05, 0.1) is 21.5 Å². The highest BCUT2D eigenvalue weighted by molar-refractivity contribution is 6.42. The van der Waals surface area contributed by atoms with Crippen LogP contribution in [0.4, 0.5) is 0 Å². The van der Waals surface area contributed by atoms with Crippen molar-refractivity contribution < 1.29 is 9.53 Å². The first kappa shape index (κ1) is 11.8. The number of rotatable bonds is 2. The summed E-state index contributed by atoms with van der Waals surface area (Å²) in [6, 6.07) is 6.86. The summed E-state index contributed by atoms with van der Waals surface area (Å²) in [6.45, 7) is 0. The number of pyridine rings is 1. The van der Waals surface area contributed by atoms with Crippen molar-refractivity contribution in [2.45, 2.75) is 12.8 Å². The molecule has 0 atom stereocenters. The lowest BCUT2D eigenvalue weighted by Gasteiger charge is -2.05. The summed E-state index contributed by atoms with van der Waals surface area (Å²) in [7, 11) is 0. The van der Waals surface area contributed by atoms with Crippen LogP contribution in [0.5, 0.6) is 5.88 Å². The lowest BCUT2D eigenvalue weighted by Crippen LogP contribution is -2.10. The fraction of sp³-hybridized carbons (Fsp3) is 0.231. The van der Waals surface area contributed by atoms with Crippen LogP contribution >= 0.6 is 23.2 Å². The van der Waals surface area contributed by atoms with Crippen molar-refractivity contribution in [3.63, 3.8) is 0 Å². The minimum absolute atomic E-state index is 0.0521. The summed E-state index contributed by atoms with van der Waals surface area (Å²) in [5.74, 6) is 0.149. The maximum Gasteiger partial charge on any atom is 0.315 e. The molecule has 0 amide bonds. The maximum absolute atomic E-state index is 11.5. The van der Waals surface area contributed by atoms with Gasteiger partial charge in [-0.3, -0.25) is 4.79 Å². The highest BCUT2D eigenvalue weighted by Crippen LogP contribution is 2.31. The van der Waals surface area contributed by atoms with Crippen LogP contribution in [0, 0.1) is 5.92 Å². The van der Waals surface area contributed by atoms with E-state index in [4.69, 9.17) is 27.9 Å². The van der Waals surface area contributed by atoms with E-state index in [0.29, 0.717) is 21.4 Å². The summed E-state index contributed by atoms with van der Waals surface area (Å²) in [4.78, 5) is 15.8. The molecule has 2 aromatic rings. The molecule has 1 aliphatic carbocycles. The highest BCUT2D eigenvalue weighted by atomic mass is 35.5. The Kier molecular flexibility index (Phi) is 2.88. The number of hydrogen-bond acceptors (Lipinski definition) is 3.